The van der Waals surface area contributed by atoms with Crippen LogP contribution in [0.5, 0.6) is 0 Å². The lowest BCUT2D eigenvalue weighted by Gasteiger charge is -2.28. The monoisotopic (exact) mass is 242 g/mol. The van der Waals surface area contributed by atoms with Crippen molar-refractivity contribution in [1.29, 1.82) is 0 Å². The van der Waals surface area contributed by atoms with Crippen molar-refractivity contribution in [3.05, 3.63) is 0 Å². The highest BCUT2D eigenvalue weighted by Gasteiger charge is 2.24. The topological polar surface area (TPSA) is 24.5 Å². The molecular formula is C14H30N2O. The predicted octanol–water partition coefficient (Wildman–Crippen LogP) is 2.12. The Labute approximate surface area is 107 Å². The van der Waals surface area contributed by atoms with E-state index < -0.39 is 0 Å². The number of hydrogen-bond acceptors (Lipinski definition) is 3. The van der Waals surface area contributed by atoms with Crippen molar-refractivity contribution in [2.24, 2.45) is 5.41 Å². The van der Waals surface area contributed by atoms with Gasteiger partial charge in [0.25, 0.3) is 0 Å². The number of likely N-dealkylation sites (tertiary alicyclic amines) is 1. The molecule has 0 aromatic carbocycles. The maximum absolute atomic E-state index is 5.04. The summed E-state index contributed by atoms with van der Waals surface area (Å²) in [4.78, 5) is 2.63. The van der Waals surface area contributed by atoms with Crippen molar-refractivity contribution >= 4 is 0 Å². The summed E-state index contributed by atoms with van der Waals surface area (Å²) in [5, 5.41) is 3.46. The summed E-state index contributed by atoms with van der Waals surface area (Å²) in [6.07, 6.45) is 4.04. The molecule has 102 valence electrons. The summed E-state index contributed by atoms with van der Waals surface area (Å²) >= 11 is 0. The van der Waals surface area contributed by atoms with Crippen LogP contribution in [0.15, 0.2) is 0 Å². The quantitative estimate of drug-likeness (QED) is 0.722. The molecule has 0 aliphatic carbocycles. The van der Waals surface area contributed by atoms with Crippen LogP contribution < -0.4 is 5.32 Å². The number of nitrogens with zero attached hydrogens (tertiary/aromatic N) is 1. The molecule has 0 saturated carbocycles. The van der Waals surface area contributed by atoms with E-state index in [0.29, 0.717) is 11.5 Å². The zero-order valence-corrected chi connectivity index (χ0v) is 12.1. The van der Waals surface area contributed by atoms with E-state index in [2.05, 4.69) is 31.0 Å². The Balaban J connectivity index is 2.24. The molecular weight excluding hydrogens is 212 g/mol. The van der Waals surface area contributed by atoms with Gasteiger partial charge in [0.15, 0.2) is 0 Å². The molecule has 1 fully saturated rings. The molecule has 0 aromatic heterocycles. The molecule has 0 bridgehead atoms. The van der Waals surface area contributed by atoms with E-state index in [1.807, 2.05) is 0 Å². The van der Waals surface area contributed by atoms with Crippen molar-refractivity contribution in [3.63, 3.8) is 0 Å². The normalized spacial score (nSPS) is 23.3. The van der Waals surface area contributed by atoms with Crippen molar-refractivity contribution in [3.8, 4) is 0 Å². The van der Waals surface area contributed by atoms with Crippen LogP contribution in [0.25, 0.3) is 0 Å². The molecule has 0 spiro atoms. The first kappa shape index (κ1) is 14.9. The van der Waals surface area contributed by atoms with Gasteiger partial charge in [-0.15, -0.1) is 0 Å². The van der Waals surface area contributed by atoms with Gasteiger partial charge in [-0.05, 0) is 44.7 Å². The van der Waals surface area contributed by atoms with Crippen molar-refractivity contribution in [1.82, 2.24) is 10.2 Å². The molecule has 0 aromatic rings. The summed E-state index contributed by atoms with van der Waals surface area (Å²) in [7, 11) is 1.75. The Hall–Kier alpha value is -0.120. The first-order chi connectivity index (χ1) is 8.05. The average molecular weight is 242 g/mol. The second-order valence-electron chi connectivity index (χ2n) is 6.10. The minimum Gasteiger partial charge on any atom is -0.383 e. The number of nitrogens with one attached hydrogen (secondary N) is 1. The second kappa shape index (κ2) is 7.34. The number of hydrogen-bond donors (Lipinski definition) is 1. The zero-order valence-electron chi connectivity index (χ0n) is 12.1. The Morgan fingerprint density at radius 1 is 1.29 bits per heavy atom. The minimum atomic E-state index is 0.540. The van der Waals surface area contributed by atoms with Gasteiger partial charge < -0.3 is 10.1 Å². The Kier molecular flexibility index (Phi) is 6.45. The van der Waals surface area contributed by atoms with Gasteiger partial charge in [0, 0.05) is 26.2 Å². The van der Waals surface area contributed by atoms with Gasteiger partial charge in [-0.25, -0.2) is 0 Å². The maximum Gasteiger partial charge on any atom is 0.0587 e. The highest BCUT2D eigenvalue weighted by molar-refractivity contribution is 4.79. The van der Waals surface area contributed by atoms with Gasteiger partial charge in [-0.3, -0.25) is 4.90 Å². The Bertz CT molecular complexity index is 206. The molecule has 3 heteroatoms. The Morgan fingerprint density at radius 2 is 2.06 bits per heavy atom. The third kappa shape index (κ3) is 5.84. The number of methoxy groups -OCH3 is 1. The standard InChI is InChI=1S/C14H30N2O/c1-13(12-15-8-11-17-4)16-9-5-6-14(2,3)7-10-16/h13,15H,5-12H2,1-4H3. The maximum atomic E-state index is 5.04. The van der Waals surface area contributed by atoms with Crippen LogP contribution >= 0.6 is 0 Å². The highest BCUT2D eigenvalue weighted by atomic mass is 16.5. The SMILES string of the molecule is COCCNCC(C)N1CCCC(C)(C)CC1. The van der Waals surface area contributed by atoms with Crippen LogP contribution in [-0.2, 0) is 4.74 Å². The molecule has 1 rings (SSSR count). The van der Waals surface area contributed by atoms with E-state index in [9.17, 15) is 0 Å². The largest absolute Gasteiger partial charge is 0.383 e. The molecule has 1 aliphatic rings. The lowest BCUT2D eigenvalue weighted by molar-refractivity contribution is 0.182. The van der Waals surface area contributed by atoms with E-state index in [1.165, 1.54) is 32.4 Å². The van der Waals surface area contributed by atoms with Crippen molar-refractivity contribution in [2.75, 3.05) is 39.9 Å². The molecule has 1 unspecified atom stereocenters. The highest BCUT2D eigenvalue weighted by Crippen LogP contribution is 2.30. The molecule has 1 atom stereocenters. The molecule has 1 saturated heterocycles. The fourth-order valence-corrected chi connectivity index (χ4v) is 2.50. The number of ether oxygens (including phenoxy) is 1. The molecule has 17 heavy (non-hydrogen) atoms. The van der Waals surface area contributed by atoms with Crippen LogP contribution in [0.4, 0.5) is 0 Å². The van der Waals surface area contributed by atoms with Gasteiger partial charge in [-0.1, -0.05) is 13.8 Å². The van der Waals surface area contributed by atoms with Gasteiger partial charge >= 0.3 is 0 Å². The minimum absolute atomic E-state index is 0.540. The van der Waals surface area contributed by atoms with Crippen LogP contribution in [0.2, 0.25) is 0 Å². The first-order valence-electron chi connectivity index (χ1n) is 6.99. The summed E-state index contributed by atoms with van der Waals surface area (Å²) in [5.41, 5.74) is 0.540. The van der Waals surface area contributed by atoms with Crippen LogP contribution in [0.3, 0.4) is 0 Å². The molecule has 0 amide bonds. The van der Waals surface area contributed by atoms with Gasteiger partial charge in [0.1, 0.15) is 0 Å². The van der Waals surface area contributed by atoms with Crippen LogP contribution in [-0.4, -0.2) is 50.8 Å². The molecule has 1 N–H and O–H groups in total. The summed E-state index contributed by atoms with van der Waals surface area (Å²) < 4.78 is 5.04. The molecule has 1 aliphatic heterocycles. The van der Waals surface area contributed by atoms with E-state index in [-0.39, 0.29) is 0 Å². The fraction of sp³-hybridized carbons (Fsp3) is 1.00. The third-order valence-corrected chi connectivity index (χ3v) is 3.92. The Morgan fingerprint density at radius 3 is 2.76 bits per heavy atom. The van der Waals surface area contributed by atoms with E-state index in [1.54, 1.807) is 7.11 Å². The van der Waals surface area contributed by atoms with Crippen LogP contribution in [0.1, 0.15) is 40.0 Å². The van der Waals surface area contributed by atoms with Crippen LogP contribution in [0, 0.1) is 5.41 Å². The second-order valence-corrected chi connectivity index (χ2v) is 6.10. The van der Waals surface area contributed by atoms with E-state index in [4.69, 9.17) is 4.74 Å². The van der Waals surface area contributed by atoms with Crippen molar-refractivity contribution < 1.29 is 4.74 Å². The lowest BCUT2D eigenvalue weighted by atomic mass is 9.85. The molecule has 1 heterocycles. The van der Waals surface area contributed by atoms with Crippen molar-refractivity contribution in [2.45, 2.75) is 46.1 Å². The smallest absolute Gasteiger partial charge is 0.0587 e. The van der Waals surface area contributed by atoms with E-state index >= 15 is 0 Å². The fourth-order valence-electron chi connectivity index (χ4n) is 2.50. The zero-order chi connectivity index (χ0) is 12.7. The first-order valence-corrected chi connectivity index (χ1v) is 6.99. The molecule has 0 radical (unpaired) electrons. The molecule has 3 nitrogen and oxygen atoms in total. The van der Waals surface area contributed by atoms with Gasteiger partial charge in [-0.2, -0.15) is 0 Å². The summed E-state index contributed by atoms with van der Waals surface area (Å²) in [6.45, 7) is 12.5. The van der Waals surface area contributed by atoms with Gasteiger partial charge in [0.05, 0.1) is 6.61 Å². The predicted molar refractivity (Wildman–Crippen MR) is 73.4 cm³/mol. The van der Waals surface area contributed by atoms with Gasteiger partial charge in [0.2, 0.25) is 0 Å². The average Bonchev–Trinajstić information content (AvgIpc) is 2.45. The lowest BCUT2D eigenvalue weighted by Crippen LogP contribution is -2.41. The number of rotatable bonds is 6. The van der Waals surface area contributed by atoms with E-state index in [0.717, 1.165) is 19.7 Å². The third-order valence-electron chi connectivity index (χ3n) is 3.92. The summed E-state index contributed by atoms with van der Waals surface area (Å²) in [5.74, 6) is 0. The summed E-state index contributed by atoms with van der Waals surface area (Å²) in [6, 6.07) is 0.640.